The molecule has 4 nitrogen and oxygen atoms in total. The van der Waals surface area contributed by atoms with Gasteiger partial charge in [-0.1, -0.05) is 30.3 Å². The highest BCUT2D eigenvalue weighted by Crippen LogP contribution is 2.21. The molecule has 106 valence electrons. The van der Waals surface area contributed by atoms with E-state index in [2.05, 4.69) is 4.57 Å². The van der Waals surface area contributed by atoms with Gasteiger partial charge in [-0.2, -0.15) is 0 Å². The fourth-order valence-electron chi connectivity index (χ4n) is 2.55. The van der Waals surface area contributed by atoms with Crippen LogP contribution in [0.25, 0.3) is 10.9 Å². The molecule has 2 N–H and O–H groups in total. The van der Waals surface area contributed by atoms with E-state index in [0.717, 1.165) is 22.0 Å². The van der Waals surface area contributed by atoms with E-state index in [0.29, 0.717) is 6.54 Å². The van der Waals surface area contributed by atoms with Crippen LogP contribution in [0.1, 0.15) is 21.5 Å². The molecule has 0 atom stereocenters. The van der Waals surface area contributed by atoms with Crippen molar-refractivity contribution in [2.45, 2.75) is 13.2 Å². The van der Waals surface area contributed by atoms with Crippen molar-refractivity contribution in [1.82, 2.24) is 4.57 Å². The number of aliphatic hydroxyl groups excluding tert-OH is 1. The van der Waals surface area contributed by atoms with Crippen molar-refractivity contribution >= 4 is 16.9 Å². The van der Waals surface area contributed by atoms with Crippen LogP contribution in [0.2, 0.25) is 0 Å². The summed E-state index contributed by atoms with van der Waals surface area (Å²) in [7, 11) is 0. The fourth-order valence-corrected chi connectivity index (χ4v) is 2.55. The number of benzene rings is 2. The Labute approximate surface area is 121 Å². The van der Waals surface area contributed by atoms with Gasteiger partial charge < -0.3 is 14.8 Å². The van der Waals surface area contributed by atoms with Gasteiger partial charge in [0.15, 0.2) is 0 Å². The fraction of sp³-hybridized carbons (Fsp3) is 0.118. The zero-order chi connectivity index (χ0) is 14.8. The molecule has 0 bridgehead atoms. The molecule has 0 aliphatic heterocycles. The van der Waals surface area contributed by atoms with Gasteiger partial charge in [0.25, 0.3) is 0 Å². The molecular formula is C17H15NO3. The van der Waals surface area contributed by atoms with Gasteiger partial charge in [0.05, 0.1) is 17.7 Å². The molecule has 0 unspecified atom stereocenters. The third kappa shape index (κ3) is 2.53. The highest BCUT2D eigenvalue weighted by Gasteiger charge is 2.07. The van der Waals surface area contributed by atoms with E-state index in [1.54, 1.807) is 12.1 Å². The average Bonchev–Trinajstić information content (AvgIpc) is 2.91. The number of carboxylic acid groups (broad SMARTS) is 1. The van der Waals surface area contributed by atoms with Gasteiger partial charge in [-0.05, 0) is 29.1 Å². The first kappa shape index (κ1) is 13.4. The number of carbonyl (C=O) groups is 1. The van der Waals surface area contributed by atoms with Gasteiger partial charge in [0.2, 0.25) is 0 Å². The summed E-state index contributed by atoms with van der Waals surface area (Å²) in [5.41, 5.74) is 3.21. The van der Waals surface area contributed by atoms with E-state index >= 15 is 0 Å². The number of aliphatic hydroxyl groups is 1. The summed E-state index contributed by atoms with van der Waals surface area (Å²) < 4.78 is 2.07. The minimum absolute atomic E-state index is 0.000689. The van der Waals surface area contributed by atoms with Crippen molar-refractivity contribution in [3.8, 4) is 0 Å². The number of fused-ring (bicyclic) bond motifs is 1. The maximum absolute atomic E-state index is 10.9. The van der Waals surface area contributed by atoms with Crippen molar-refractivity contribution in [3.05, 3.63) is 71.4 Å². The van der Waals surface area contributed by atoms with E-state index in [1.807, 2.05) is 42.6 Å². The molecule has 3 aromatic rings. The van der Waals surface area contributed by atoms with Gasteiger partial charge in [0, 0.05) is 18.3 Å². The van der Waals surface area contributed by atoms with Crippen LogP contribution in [-0.2, 0) is 13.2 Å². The third-order valence-electron chi connectivity index (χ3n) is 3.60. The second-order valence-electron chi connectivity index (χ2n) is 4.96. The molecule has 0 saturated heterocycles. The molecule has 3 rings (SSSR count). The topological polar surface area (TPSA) is 62.5 Å². The lowest BCUT2D eigenvalue weighted by Gasteiger charge is -2.09. The Balaban J connectivity index is 1.96. The van der Waals surface area contributed by atoms with E-state index in [1.165, 1.54) is 0 Å². The Hall–Kier alpha value is -2.59. The molecule has 0 aliphatic carbocycles. The van der Waals surface area contributed by atoms with Crippen LogP contribution in [0, 0.1) is 0 Å². The van der Waals surface area contributed by atoms with Crippen LogP contribution >= 0.6 is 0 Å². The predicted octanol–water partition coefficient (Wildman–Crippen LogP) is 2.88. The summed E-state index contributed by atoms with van der Waals surface area (Å²) in [6.07, 6.45) is 1.98. The van der Waals surface area contributed by atoms with E-state index in [9.17, 15) is 9.90 Å². The van der Waals surface area contributed by atoms with Gasteiger partial charge in [-0.3, -0.25) is 0 Å². The van der Waals surface area contributed by atoms with Crippen LogP contribution in [0.4, 0.5) is 0 Å². The molecule has 0 aliphatic rings. The van der Waals surface area contributed by atoms with E-state index in [4.69, 9.17) is 5.11 Å². The van der Waals surface area contributed by atoms with Crippen LogP contribution in [0.15, 0.2) is 54.7 Å². The maximum atomic E-state index is 10.9. The number of aromatic carboxylic acids is 1. The normalized spacial score (nSPS) is 10.9. The molecule has 0 spiro atoms. The summed E-state index contributed by atoms with van der Waals surface area (Å²) in [6, 6.07) is 14.7. The molecule has 0 amide bonds. The molecule has 21 heavy (non-hydrogen) atoms. The number of para-hydroxylation sites is 1. The maximum Gasteiger partial charge on any atom is 0.335 e. The summed E-state index contributed by atoms with van der Waals surface area (Å²) >= 11 is 0. The largest absolute Gasteiger partial charge is 0.478 e. The highest BCUT2D eigenvalue weighted by atomic mass is 16.4. The second kappa shape index (κ2) is 5.42. The van der Waals surface area contributed by atoms with Crippen molar-refractivity contribution in [2.75, 3.05) is 0 Å². The van der Waals surface area contributed by atoms with Gasteiger partial charge in [-0.25, -0.2) is 4.79 Å². The van der Waals surface area contributed by atoms with Gasteiger partial charge >= 0.3 is 5.97 Å². The summed E-state index contributed by atoms with van der Waals surface area (Å²) in [5.74, 6) is -0.921. The first-order valence-electron chi connectivity index (χ1n) is 6.69. The molecule has 4 heteroatoms. The minimum Gasteiger partial charge on any atom is -0.478 e. The van der Waals surface area contributed by atoms with Crippen molar-refractivity contribution in [1.29, 1.82) is 0 Å². The SMILES string of the molecule is O=C(O)c1ccc(Cn2ccc3cccc(CO)c32)cc1. The first-order valence-corrected chi connectivity index (χ1v) is 6.69. The first-order chi connectivity index (χ1) is 10.2. The Morgan fingerprint density at radius 3 is 2.48 bits per heavy atom. The Morgan fingerprint density at radius 2 is 1.81 bits per heavy atom. The molecule has 1 heterocycles. The Bertz CT molecular complexity index is 787. The number of hydrogen-bond donors (Lipinski definition) is 2. The number of nitrogens with zero attached hydrogens (tertiary/aromatic N) is 1. The standard InChI is InChI=1S/C17H15NO3/c19-11-15-3-1-2-13-8-9-18(16(13)15)10-12-4-6-14(7-5-12)17(20)21/h1-9,19H,10-11H2,(H,20,21). The third-order valence-corrected chi connectivity index (χ3v) is 3.60. The highest BCUT2D eigenvalue weighted by molar-refractivity contribution is 5.87. The zero-order valence-corrected chi connectivity index (χ0v) is 11.4. The predicted molar refractivity (Wildman–Crippen MR) is 80.4 cm³/mol. The van der Waals surface area contributed by atoms with Crippen LogP contribution in [-0.4, -0.2) is 20.7 Å². The Morgan fingerprint density at radius 1 is 1.05 bits per heavy atom. The number of hydrogen-bond acceptors (Lipinski definition) is 2. The Kier molecular flexibility index (Phi) is 3.46. The molecule has 2 aromatic carbocycles. The quantitative estimate of drug-likeness (QED) is 0.773. The van der Waals surface area contributed by atoms with E-state index < -0.39 is 5.97 Å². The smallest absolute Gasteiger partial charge is 0.335 e. The van der Waals surface area contributed by atoms with Gasteiger partial charge in [-0.15, -0.1) is 0 Å². The minimum atomic E-state index is -0.921. The van der Waals surface area contributed by atoms with Crippen molar-refractivity contribution < 1.29 is 15.0 Å². The average molecular weight is 281 g/mol. The summed E-state index contributed by atoms with van der Waals surface area (Å²) in [6.45, 7) is 0.639. The zero-order valence-electron chi connectivity index (χ0n) is 11.4. The number of aromatic nitrogens is 1. The number of carboxylic acids is 1. The summed E-state index contributed by atoms with van der Waals surface area (Å²) in [4.78, 5) is 10.9. The van der Waals surface area contributed by atoms with Crippen LogP contribution < -0.4 is 0 Å². The second-order valence-corrected chi connectivity index (χ2v) is 4.96. The van der Waals surface area contributed by atoms with Crippen LogP contribution in [0.3, 0.4) is 0 Å². The molecular weight excluding hydrogens is 266 g/mol. The summed E-state index contributed by atoms with van der Waals surface area (Å²) in [5, 5.41) is 19.5. The molecule has 1 aromatic heterocycles. The molecule has 0 radical (unpaired) electrons. The lowest BCUT2D eigenvalue weighted by molar-refractivity contribution is 0.0697. The lowest BCUT2D eigenvalue weighted by atomic mass is 10.1. The lowest BCUT2D eigenvalue weighted by Crippen LogP contribution is -2.01. The number of rotatable bonds is 4. The molecule has 0 saturated carbocycles. The molecule has 0 fully saturated rings. The van der Waals surface area contributed by atoms with Crippen molar-refractivity contribution in [3.63, 3.8) is 0 Å². The monoisotopic (exact) mass is 281 g/mol. The van der Waals surface area contributed by atoms with Crippen molar-refractivity contribution in [2.24, 2.45) is 0 Å². The van der Waals surface area contributed by atoms with E-state index in [-0.39, 0.29) is 12.2 Å². The van der Waals surface area contributed by atoms with Gasteiger partial charge in [0.1, 0.15) is 0 Å². The van der Waals surface area contributed by atoms with Crippen LogP contribution in [0.5, 0.6) is 0 Å².